The lowest BCUT2D eigenvalue weighted by Crippen LogP contribution is -2.09. The van der Waals surface area contributed by atoms with E-state index in [2.05, 4.69) is 6.58 Å². The number of carbonyl (C=O) groups is 1. The molecule has 0 bridgehead atoms. The number of nitrogens with zero attached hydrogens (tertiary/aromatic N) is 11. The molecule has 0 N–H and O–H groups in total. The summed E-state index contributed by atoms with van der Waals surface area (Å²) < 4.78 is 0. The third kappa shape index (κ3) is 12.4. The molecular weight excluding hydrogens is 1070 g/mol. The van der Waals surface area contributed by atoms with Crippen LogP contribution in [0, 0.1) is 0 Å². The SMILES string of the molecule is C=C(/N=C(\N=C(/C)c1cc(C(=O)c2cc(-c3nc(-c4ccccc4)nc(-c4ccccc4)n3)cc(-c3nc(-c4ccccc4)nc(-c4ccccc4)n3)c2)cc(-c2nc(-c3ccccc3)nc(-c3ccccc3)n2)c1)c1ccccc1)c1ccccc1. The van der Waals surface area contributed by atoms with Gasteiger partial charge in [-0.05, 0) is 54.4 Å². The Morgan fingerprint density at radius 3 is 0.816 bits per heavy atom. The summed E-state index contributed by atoms with van der Waals surface area (Å²) in [5, 5.41) is 0. The normalized spacial score (nSPS) is 11.5. The van der Waals surface area contributed by atoms with Crippen molar-refractivity contribution >= 4 is 23.0 Å². The molecule has 0 amide bonds. The lowest BCUT2D eigenvalue weighted by Gasteiger charge is -2.14. The Kier molecular flexibility index (Phi) is 15.5. The van der Waals surface area contributed by atoms with E-state index >= 15 is 4.79 Å². The second kappa shape index (κ2) is 24.8. The van der Waals surface area contributed by atoms with Crippen LogP contribution in [0.15, 0.2) is 296 Å². The first-order valence-electron chi connectivity index (χ1n) is 28.2. The second-order valence-electron chi connectivity index (χ2n) is 20.4. The molecule has 0 atom stereocenters. The van der Waals surface area contributed by atoms with Crippen LogP contribution >= 0.6 is 0 Å². The molecule has 0 spiro atoms. The van der Waals surface area contributed by atoms with Gasteiger partial charge in [-0.1, -0.05) is 249 Å². The van der Waals surface area contributed by atoms with Gasteiger partial charge in [-0.3, -0.25) is 4.79 Å². The molecule has 3 aromatic heterocycles. The van der Waals surface area contributed by atoms with Crippen molar-refractivity contribution in [3.63, 3.8) is 0 Å². The maximum Gasteiger partial charge on any atom is 0.193 e. The van der Waals surface area contributed by atoms with Gasteiger partial charge < -0.3 is 0 Å². The molecular formula is C75H51N11O. The zero-order valence-corrected chi connectivity index (χ0v) is 47.1. The quantitative estimate of drug-likeness (QED) is 0.0549. The minimum atomic E-state index is -0.342. The molecule has 3 heterocycles. The molecule has 87 heavy (non-hydrogen) atoms. The van der Waals surface area contributed by atoms with Crippen LogP contribution in [0.1, 0.15) is 39.5 Å². The molecule has 13 rings (SSSR count). The second-order valence-corrected chi connectivity index (χ2v) is 20.4. The first-order valence-corrected chi connectivity index (χ1v) is 28.2. The topological polar surface area (TPSA) is 158 Å². The summed E-state index contributed by atoms with van der Waals surface area (Å²) in [5.74, 6) is 3.82. The maximum atomic E-state index is 16.2. The van der Waals surface area contributed by atoms with E-state index in [1.807, 2.05) is 286 Å². The molecule has 0 aliphatic rings. The molecule has 0 aliphatic heterocycles. The van der Waals surface area contributed by atoms with Gasteiger partial charge in [-0.2, -0.15) is 0 Å². The molecule has 0 radical (unpaired) electrons. The van der Waals surface area contributed by atoms with Gasteiger partial charge in [0.2, 0.25) is 0 Å². The maximum absolute atomic E-state index is 16.2. The average Bonchev–Trinajstić information content (AvgIpc) is 2.10. The van der Waals surface area contributed by atoms with Crippen LogP contribution in [0.4, 0.5) is 0 Å². The molecule has 412 valence electrons. The Morgan fingerprint density at radius 2 is 0.506 bits per heavy atom. The number of benzene rings is 10. The van der Waals surface area contributed by atoms with E-state index < -0.39 is 0 Å². The van der Waals surface area contributed by atoms with Gasteiger partial charge in [0.05, 0.1) is 5.70 Å². The Hall–Kier alpha value is -12.0. The molecule has 10 aromatic carbocycles. The minimum absolute atomic E-state index is 0.294. The molecule has 0 aliphatic carbocycles. The van der Waals surface area contributed by atoms with Crippen LogP contribution in [0.2, 0.25) is 0 Å². The fraction of sp³-hybridized carbons (Fsp3) is 0.0133. The van der Waals surface area contributed by atoms with E-state index in [0.717, 1.165) is 44.5 Å². The van der Waals surface area contributed by atoms with Crippen molar-refractivity contribution in [1.82, 2.24) is 44.9 Å². The highest BCUT2D eigenvalue weighted by atomic mass is 16.1. The number of ketones is 1. The van der Waals surface area contributed by atoms with Gasteiger partial charge >= 0.3 is 0 Å². The number of amidine groups is 1. The van der Waals surface area contributed by atoms with Gasteiger partial charge in [0.25, 0.3) is 0 Å². The van der Waals surface area contributed by atoms with Gasteiger partial charge in [0.1, 0.15) is 0 Å². The van der Waals surface area contributed by atoms with Gasteiger partial charge in [-0.15, -0.1) is 0 Å². The summed E-state index contributed by atoms with van der Waals surface area (Å²) in [6.45, 7) is 6.25. The van der Waals surface area contributed by atoms with Crippen molar-refractivity contribution in [3.8, 4) is 102 Å². The van der Waals surface area contributed by atoms with E-state index in [1.165, 1.54) is 0 Å². The Morgan fingerprint density at radius 1 is 0.264 bits per heavy atom. The van der Waals surface area contributed by atoms with Gasteiger partial charge in [0, 0.05) is 72.5 Å². The zero-order valence-electron chi connectivity index (χ0n) is 47.1. The van der Waals surface area contributed by atoms with Gasteiger partial charge in [-0.25, -0.2) is 54.8 Å². The van der Waals surface area contributed by atoms with Crippen molar-refractivity contribution in [2.75, 3.05) is 0 Å². The first-order chi connectivity index (χ1) is 42.8. The van der Waals surface area contributed by atoms with Crippen molar-refractivity contribution in [1.29, 1.82) is 0 Å². The van der Waals surface area contributed by atoms with Crippen LogP contribution in [-0.4, -0.2) is 62.2 Å². The standard InChI is InChI=1S/C75H51N11O/c1-49(51-27-11-3-12-28-51)76-66(52-29-13-4-14-30-52)77-50(2)59-43-60(45-62(44-59)73-81-67(53-31-15-5-16-32-53)78-68(82-73)54-33-17-6-18-34-54)65(87)61-46-63(74-83-69(55-35-19-7-20-36-55)79-70(84-74)56-37-21-8-22-38-56)48-64(47-61)75-85-71(57-39-23-9-24-40-57)80-72(86-75)58-41-25-10-26-42-58/h3-48H,1H2,2H3/b76-66-,77-50+. The smallest absolute Gasteiger partial charge is 0.193 e. The lowest BCUT2D eigenvalue weighted by atomic mass is 9.94. The van der Waals surface area contributed by atoms with Crippen LogP contribution in [0.3, 0.4) is 0 Å². The number of carbonyl (C=O) groups excluding carboxylic acids is 1. The number of hydrogen-bond donors (Lipinski definition) is 0. The van der Waals surface area contributed by atoms with Crippen molar-refractivity contribution in [3.05, 3.63) is 313 Å². The van der Waals surface area contributed by atoms with E-state index in [4.69, 9.17) is 54.8 Å². The van der Waals surface area contributed by atoms with Crippen LogP contribution in [0.25, 0.3) is 108 Å². The third-order valence-corrected chi connectivity index (χ3v) is 14.3. The molecule has 0 saturated heterocycles. The molecule has 0 saturated carbocycles. The number of aliphatic imine (C=N–C) groups is 2. The van der Waals surface area contributed by atoms with Crippen molar-refractivity contribution < 1.29 is 4.79 Å². The summed E-state index contributed by atoms with van der Waals surface area (Å²) in [4.78, 5) is 72.4. The number of aromatic nitrogens is 9. The van der Waals surface area contributed by atoms with Crippen LogP contribution in [0.5, 0.6) is 0 Å². The minimum Gasteiger partial charge on any atom is -0.289 e. The average molecular weight is 1120 g/mol. The summed E-state index contributed by atoms with van der Waals surface area (Å²) in [6, 6.07) is 89.3. The highest BCUT2D eigenvalue weighted by Crippen LogP contribution is 2.34. The molecule has 0 unspecified atom stereocenters. The summed E-state index contributed by atoms with van der Waals surface area (Å²) in [6.07, 6.45) is 0. The fourth-order valence-electron chi connectivity index (χ4n) is 9.88. The van der Waals surface area contributed by atoms with E-state index in [1.54, 1.807) is 0 Å². The Balaban J connectivity index is 1.04. The monoisotopic (exact) mass is 1120 g/mol. The first kappa shape index (κ1) is 54.2. The van der Waals surface area contributed by atoms with Crippen LogP contribution < -0.4 is 0 Å². The van der Waals surface area contributed by atoms with Crippen molar-refractivity contribution in [2.45, 2.75) is 6.92 Å². The Bertz CT molecular complexity index is 4370. The molecule has 12 nitrogen and oxygen atoms in total. The predicted octanol–water partition coefficient (Wildman–Crippen LogP) is 16.4. The summed E-state index contributed by atoms with van der Waals surface area (Å²) in [5.41, 5.74) is 10.3. The number of hydrogen-bond acceptors (Lipinski definition) is 11. The summed E-state index contributed by atoms with van der Waals surface area (Å²) in [7, 11) is 0. The molecule has 12 heteroatoms. The lowest BCUT2D eigenvalue weighted by molar-refractivity contribution is 0.103. The third-order valence-electron chi connectivity index (χ3n) is 14.3. The zero-order chi connectivity index (χ0) is 58.9. The number of rotatable bonds is 15. The predicted molar refractivity (Wildman–Crippen MR) is 346 cm³/mol. The van der Waals surface area contributed by atoms with Gasteiger partial charge in [0.15, 0.2) is 64.0 Å². The highest BCUT2D eigenvalue weighted by molar-refractivity contribution is 6.15. The van der Waals surface area contributed by atoms with E-state index in [9.17, 15) is 0 Å². The molecule has 13 aromatic rings. The largest absolute Gasteiger partial charge is 0.289 e. The highest BCUT2D eigenvalue weighted by Gasteiger charge is 2.23. The van der Waals surface area contributed by atoms with Crippen LogP contribution in [-0.2, 0) is 0 Å². The Labute approximate surface area is 503 Å². The fourth-order valence-corrected chi connectivity index (χ4v) is 9.88. The summed E-state index contributed by atoms with van der Waals surface area (Å²) >= 11 is 0. The van der Waals surface area contributed by atoms with E-state index in [-0.39, 0.29) is 5.78 Å². The van der Waals surface area contributed by atoms with E-state index in [0.29, 0.717) is 103 Å². The van der Waals surface area contributed by atoms with Crippen molar-refractivity contribution in [2.24, 2.45) is 9.98 Å². The molecule has 0 fully saturated rings.